The zero-order valence-electron chi connectivity index (χ0n) is 15.4. The number of benzene rings is 2. The van der Waals surface area contributed by atoms with Crippen LogP contribution in [0.2, 0.25) is 0 Å². The fraction of sp³-hybridized carbons (Fsp3) is 0.222. The Balaban J connectivity index is 2.09. The molecule has 0 fully saturated rings. The van der Waals surface area contributed by atoms with Crippen LogP contribution < -0.4 is 5.32 Å². The quantitative estimate of drug-likeness (QED) is 0.442. The molecule has 2 rings (SSSR count). The Morgan fingerprint density at radius 2 is 1.82 bits per heavy atom. The van der Waals surface area contributed by atoms with Crippen LogP contribution in [-0.4, -0.2) is 38.1 Å². The van der Waals surface area contributed by atoms with Crippen LogP contribution in [0.3, 0.4) is 0 Å². The van der Waals surface area contributed by atoms with Crippen molar-refractivity contribution >= 4 is 33.1 Å². The van der Waals surface area contributed by atoms with Crippen LogP contribution in [0.4, 0.5) is 11.4 Å². The van der Waals surface area contributed by atoms with Crippen molar-refractivity contribution in [2.24, 2.45) is 0 Å². The summed E-state index contributed by atoms with van der Waals surface area (Å²) in [6.07, 6.45) is 0.824. The lowest BCUT2D eigenvalue weighted by atomic mass is 10.1. The standard InChI is InChI=1S/C18H18N2O7S/c1-11-4-6-14(12(2)8-11)19-17(21)10-27-18(22)13-5-7-16(28(3,25)26)15(9-13)20(23)24/h4-9H,10H2,1-3H3,(H,19,21). The normalized spacial score (nSPS) is 11.0. The van der Waals surface area contributed by atoms with Crippen LogP contribution >= 0.6 is 0 Å². The van der Waals surface area contributed by atoms with Crippen molar-refractivity contribution < 1.29 is 27.7 Å². The fourth-order valence-electron chi connectivity index (χ4n) is 2.46. The summed E-state index contributed by atoms with van der Waals surface area (Å²) in [6, 6.07) is 8.27. The Hall–Kier alpha value is -3.27. The Kier molecular flexibility index (Phi) is 6.14. The van der Waals surface area contributed by atoms with Crippen LogP contribution in [0.15, 0.2) is 41.3 Å². The molecule has 28 heavy (non-hydrogen) atoms. The zero-order valence-corrected chi connectivity index (χ0v) is 16.2. The van der Waals surface area contributed by atoms with E-state index in [1.807, 2.05) is 26.0 Å². The maximum atomic E-state index is 12.1. The molecule has 1 amide bonds. The third-order valence-corrected chi connectivity index (χ3v) is 4.93. The first-order valence-corrected chi connectivity index (χ1v) is 9.91. The van der Waals surface area contributed by atoms with Gasteiger partial charge in [0.15, 0.2) is 16.4 Å². The van der Waals surface area contributed by atoms with Crippen LogP contribution in [0.25, 0.3) is 0 Å². The number of nitrogens with zero attached hydrogens (tertiary/aromatic N) is 1. The molecule has 2 aromatic carbocycles. The average molecular weight is 406 g/mol. The van der Waals surface area contributed by atoms with Crippen molar-refractivity contribution in [2.45, 2.75) is 18.7 Å². The number of hydrogen-bond acceptors (Lipinski definition) is 7. The Morgan fingerprint density at radius 1 is 1.14 bits per heavy atom. The molecule has 0 radical (unpaired) electrons. The monoisotopic (exact) mass is 406 g/mol. The molecular weight excluding hydrogens is 388 g/mol. The van der Waals surface area contributed by atoms with Gasteiger partial charge in [0.1, 0.15) is 4.90 Å². The summed E-state index contributed by atoms with van der Waals surface area (Å²) in [5.41, 5.74) is 1.46. The van der Waals surface area contributed by atoms with Crippen molar-refractivity contribution in [3.05, 3.63) is 63.2 Å². The third kappa shape index (κ3) is 5.13. The molecule has 10 heteroatoms. The van der Waals surface area contributed by atoms with Crippen molar-refractivity contribution in [3.8, 4) is 0 Å². The number of nitro groups is 1. The van der Waals surface area contributed by atoms with E-state index in [0.717, 1.165) is 35.6 Å². The number of aryl methyl sites for hydroxylation is 2. The summed E-state index contributed by atoms with van der Waals surface area (Å²) < 4.78 is 28.1. The van der Waals surface area contributed by atoms with Gasteiger partial charge in [0, 0.05) is 18.0 Å². The smallest absolute Gasteiger partial charge is 0.338 e. The van der Waals surface area contributed by atoms with Gasteiger partial charge in [-0.15, -0.1) is 0 Å². The topological polar surface area (TPSA) is 133 Å². The lowest BCUT2D eigenvalue weighted by Gasteiger charge is -2.10. The van der Waals surface area contributed by atoms with Crippen LogP contribution in [0.1, 0.15) is 21.5 Å². The SMILES string of the molecule is Cc1ccc(NC(=O)COC(=O)c2ccc(S(C)(=O)=O)c([N+](=O)[O-])c2)c(C)c1. The minimum absolute atomic E-state index is 0.238. The molecule has 0 aliphatic carbocycles. The van der Waals surface area contributed by atoms with Gasteiger partial charge in [0.2, 0.25) is 0 Å². The van der Waals surface area contributed by atoms with Gasteiger partial charge in [-0.25, -0.2) is 13.2 Å². The average Bonchev–Trinajstić information content (AvgIpc) is 2.60. The number of hydrogen-bond donors (Lipinski definition) is 1. The van der Waals surface area contributed by atoms with Gasteiger partial charge in [0.25, 0.3) is 11.6 Å². The minimum atomic E-state index is -3.85. The number of rotatable bonds is 6. The number of anilines is 1. The molecule has 0 aliphatic rings. The molecule has 0 heterocycles. The fourth-order valence-corrected chi connectivity index (χ4v) is 3.28. The van der Waals surface area contributed by atoms with E-state index in [9.17, 15) is 28.1 Å². The van der Waals surface area contributed by atoms with Crippen molar-refractivity contribution in [1.82, 2.24) is 0 Å². The number of esters is 1. The summed E-state index contributed by atoms with van der Waals surface area (Å²) in [5.74, 6) is -1.57. The number of nitrogens with one attached hydrogen (secondary N) is 1. The summed E-state index contributed by atoms with van der Waals surface area (Å²) in [4.78, 5) is 33.7. The van der Waals surface area contributed by atoms with E-state index < -0.39 is 43.8 Å². The minimum Gasteiger partial charge on any atom is -0.452 e. The van der Waals surface area contributed by atoms with E-state index in [-0.39, 0.29) is 5.56 Å². The summed E-state index contributed by atoms with van der Waals surface area (Å²) in [7, 11) is -3.85. The molecule has 0 unspecified atom stereocenters. The first-order chi connectivity index (χ1) is 13.0. The predicted octanol–water partition coefficient (Wildman–Crippen LogP) is 2.41. The van der Waals surface area contributed by atoms with Crippen molar-refractivity contribution in [1.29, 1.82) is 0 Å². The highest BCUT2D eigenvalue weighted by molar-refractivity contribution is 7.90. The second-order valence-corrected chi connectivity index (χ2v) is 8.14. The van der Waals surface area contributed by atoms with E-state index in [0.29, 0.717) is 5.69 Å². The van der Waals surface area contributed by atoms with Gasteiger partial charge in [-0.2, -0.15) is 0 Å². The van der Waals surface area contributed by atoms with Crippen molar-refractivity contribution in [2.75, 3.05) is 18.2 Å². The number of amides is 1. The Labute approximate surface area is 161 Å². The maximum absolute atomic E-state index is 12.1. The van der Waals surface area contributed by atoms with E-state index in [1.54, 1.807) is 6.07 Å². The van der Waals surface area contributed by atoms with E-state index >= 15 is 0 Å². The van der Waals surface area contributed by atoms with Gasteiger partial charge < -0.3 is 10.1 Å². The molecule has 0 aromatic heterocycles. The molecule has 1 N–H and O–H groups in total. The number of ether oxygens (including phenoxy) is 1. The molecule has 0 aliphatic heterocycles. The molecule has 0 bridgehead atoms. The van der Waals surface area contributed by atoms with Gasteiger partial charge in [0.05, 0.1) is 10.5 Å². The number of sulfone groups is 1. The molecule has 9 nitrogen and oxygen atoms in total. The van der Waals surface area contributed by atoms with Gasteiger partial charge in [-0.3, -0.25) is 14.9 Å². The molecule has 0 saturated heterocycles. The molecule has 148 valence electrons. The largest absolute Gasteiger partial charge is 0.452 e. The lowest BCUT2D eigenvalue weighted by molar-refractivity contribution is -0.387. The molecule has 0 spiro atoms. The predicted molar refractivity (Wildman–Crippen MR) is 101 cm³/mol. The molecule has 0 atom stereocenters. The van der Waals surface area contributed by atoms with Gasteiger partial charge in [-0.05, 0) is 37.6 Å². The maximum Gasteiger partial charge on any atom is 0.338 e. The number of carbonyl (C=O) groups is 2. The first-order valence-electron chi connectivity index (χ1n) is 8.02. The Bertz CT molecular complexity index is 1060. The number of carbonyl (C=O) groups excluding carboxylic acids is 2. The van der Waals surface area contributed by atoms with Crippen LogP contribution in [0.5, 0.6) is 0 Å². The Morgan fingerprint density at radius 3 is 2.39 bits per heavy atom. The summed E-state index contributed by atoms with van der Waals surface area (Å²) in [6.45, 7) is 3.12. The van der Waals surface area contributed by atoms with E-state index in [2.05, 4.69) is 5.32 Å². The second-order valence-electron chi connectivity index (χ2n) is 6.15. The second kappa shape index (κ2) is 8.17. The lowest BCUT2D eigenvalue weighted by Crippen LogP contribution is -2.21. The van der Waals surface area contributed by atoms with Gasteiger partial charge in [-0.1, -0.05) is 17.7 Å². The van der Waals surface area contributed by atoms with Gasteiger partial charge >= 0.3 is 5.97 Å². The molecule has 2 aromatic rings. The van der Waals surface area contributed by atoms with E-state index in [4.69, 9.17) is 4.74 Å². The van der Waals surface area contributed by atoms with Crippen LogP contribution in [0, 0.1) is 24.0 Å². The third-order valence-electron chi connectivity index (χ3n) is 3.78. The zero-order chi connectivity index (χ0) is 21.1. The van der Waals surface area contributed by atoms with Crippen molar-refractivity contribution in [3.63, 3.8) is 0 Å². The summed E-state index contributed by atoms with van der Waals surface area (Å²) in [5, 5.41) is 13.7. The highest BCUT2D eigenvalue weighted by atomic mass is 32.2. The summed E-state index contributed by atoms with van der Waals surface area (Å²) >= 11 is 0. The highest BCUT2D eigenvalue weighted by Crippen LogP contribution is 2.25. The van der Waals surface area contributed by atoms with Crippen LogP contribution in [-0.2, 0) is 19.4 Å². The highest BCUT2D eigenvalue weighted by Gasteiger charge is 2.24. The van der Waals surface area contributed by atoms with E-state index in [1.165, 1.54) is 0 Å². The molecule has 0 saturated carbocycles. The number of nitro benzene ring substituents is 1. The first kappa shape index (κ1) is 21.0. The molecular formula is C18H18N2O7S.